The van der Waals surface area contributed by atoms with E-state index in [-0.39, 0.29) is 5.91 Å². The van der Waals surface area contributed by atoms with Gasteiger partial charge in [-0.05, 0) is 12.1 Å². The van der Waals surface area contributed by atoms with E-state index >= 15 is 0 Å². The lowest BCUT2D eigenvalue weighted by Crippen LogP contribution is -2.24. The van der Waals surface area contributed by atoms with E-state index in [1.807, 2.05) is 6.07 Å². The number of hydrogen-bond donors (Lipinski definition) is 1. The van der Waals surface area contributed by atoms with Crippen LogP contribution >= 0.6 is 15.9 Å². The van der Waals surface area contributed by atoms with Gasteiger partial charge in [0.15, 0.2) is 0 Å². The summed E-state index contributed by atoms with van der Waals surface area (Å²) in [6.45, 7) is 0.429. The third-order valence-corrected chi connectivity index (χ3v) is 1.72. The predicted molar refractivity (Wildman–Crippen MR) is 47.7 cm³/mol. The number of nitrogens with one attached hydrogen (secondary N) is 1. The first-order chi connectivity index (χ1) is 5.83. The fourth-order valence-corrected chi connectivity index (χ4v) is 0.862. The topological polar surface area (TPSA) is 54.9 Å². The van der Waals surface area contributed by atoms with Crippen LogP contribution in [0.4, 0.5) is 0 Å². The minimum absolute atomic E-state index is 0.0550. The van der Waals surface area contributed by atoms with Gasteiger partial charge < -0.3 is 5.32 Å². The highest BCUT2D eigenvalue weighted by molar-refractivity contribution is 9.09. The highest BCUT2D eigenvalue weighted by Crippen LogP contribution is 1.89. The minimum Gasteiger partial charge on any atom is -0.350 e. The van der Waals surface area contributed by atoms with E-state index in [1.54, 1.807) is 12.3 Å². The van der Waals surface area contributed by atoms with Crippen molar-refractivity contribution < 1.29 is 4.79 Å². The van der Waals surface area contributed by atoms with Crippen molar-refractivity contribution in [1.82, 2.24) is 15.5 Å². The maximum Gasteiger partial charge on any atom is 0.230 e. The molecule has 5 heteroatoms. The zero-order valence-corrected chi connectivity index (χ0v) is 7.91. The Morgan fingerprint density at radius 3 is 3.08 bits per heavy atom. The number of amides is 1. The van der Waals surface area contributed by atoms with Crippen LogP contribution in [0.25, 0.3) is 0 Å². The van der Waals surface area contributed by atoms with Crippen LogP contribution in [0.3, 0.4) is 0 Å². The van der Waals surface area contributed by atoms with Crippen molar-refractivity contribution in [2.45, 2.75) is 6.54 Å². The van der Waals surface area contributed by atoms with Gasteiger partial charge in [-0.3, -0.25) is 4.79 Å². The molecule has 1 heterocycles. The lowest BCUT2D eigenvalue weighted by molar-refractivity contribution is -0.118. The fourth-order valence-electron chi connectivity index (χ4n) is 0.664. The highest BCUT2D eigenvalue weighted by Gasteiger charge is 1.97. The molecule has 1 aromatic rings. The monoisotopic (exact) mass is 229 g/mol. The quantitative estimate of drug-likeness (QED) is 0.768. The van der Waals surface area contributed by atoms with E-state index in [4.69, 9.17) is 0 Å². The smallest absolute Gasteiger partial charge is 0.230 e. The Labute approximate surface area is 78.5 Å². The first-order valence-electron chi connectivity index (χ1n) is 3.42. The van der Waals surface area contributed by atoms with Crippen molar-refractivity contribution in [2.75, 3.05) is 5.33 Å². The van der Waals surface area contributed by atoms with Crippen molar-refractivity contribution in [3.8, 4) is 0 Å². The van der Waals surface area contributed by atoms with Crippen molar-refractivity contribution in [1.29, 1.82) is 0 Å². The van der Waals surface area contributed by atoms with E-state index in [0.29, 0.717) is 11.9 Å². The number of nitrogens with zero attached hydrogens (tertiary/aromatic N) is 2. The summed E-state index contributed by atoms with van der Waals surface area (Å²) in [5.41, 5.74) is 0.756. The second-order valence-corrected chi connectivity index (χ2v) is 2.69. The average Bonchev–Trinajstić information content (AvgIpc) is 2.16. The zero-order valence-electron chi connectivity index (χ0n) is 6.33. The first-order valence-corrected chi connectivity index (χ1v) is 4.54. The summed E-state index contributed by atoms with van der Waals surface area (Å²) in [6, 6.07) is 3.59. The van der Waals surface area contributed by atoms with Crippen molar-refractivity contribution >= 4 is 21.8 Å². The molecular weight excluding hydrogens is 222 g/mol. The molecule has 0 unspecified atom stereocenters. The molecule has 0 spiro atoms. The van der Waals surface area contributed by atoms with Gasteiger partial charge in [0.25, 0.3) is 0 Å². The third kappa shape index (κ3) is 2.96. The van der Waals surface area contributed by atoms with E-state index in [9.17, 15) is 4.79 Å². The van der Waals surface area contributed by atoms with Crippen LogP contribution in [0.1, 0.15) is 5.69 Å². The second kappa shape index (κ2) is 4.82. The maximum absolute atomic E-state index is 10.8. The Bertz CT molecular complexity index is 252. The number of halogens is 1. The summed E-state index contributed by atoms with van der Waals surface area (Å²) in [5, 5.41) is 10.5. The zero-order chi connectivity index (χ0) is 8.81. The Hall–Kier alpha value is -0.970. The SMILES string of the molecule is O=C(CBr)NCc1cccnn1. The van der Waals surface area contributed by atoms with Gasteiger partial charge in [-0.1, -0.05) is 15.9 Å². The number of aromatic nitrogens is 2. The summed E-state index contributed by atoms with van der Waals surface area (Å²) in [6.07, 6.45) is 1.59. The number of hydrogen-bond acceptors (Lipinski definition) is 3. The second-order valence-electron chi connectivity index (χ2n) is 2.13. The summed E-state index contributed by atoms with van der Waals surface area (Å²) in [7, 11) is 0. The van der Waals surface area contributed by atoms with E-state index in [1.165, 1.54) is 0 Å². The maximum atomic E-state index is 10.8. The van der Waals surface area contributed by atoms with Crippen LogP contribution in [-0.2, 0) is 11.3 Å². The molecule has 0 saturated heterocycles. The molecule has 1 rings (SSSR count). The van der Waals surface area contributed by atoms with Crippen LogP contribution in [-0.4, -0.2) is 21.4 Å². The summed E-state index contributed by atoms with van der Waals surface area (Å²) >= 11 is 3.04. The van der Waals surface area contributed by atoms with Crippen molar-refractivity contribution in [3.05, 3.63) is 24.0 Å². The summed E-state index contributed by atoms with van der Waals surface area (Å²) in [5.74, 6) is -0.0550. The molecule has 0 bridgehead atoms. The lowest BCUT2D eigenvalue weighted by Gasteiger charge is -1.99. The van der Waals surface area contributed by atoms with Crippen LogP contribution < -0.4 is 5.32 Å². The molecule has 4 nitrogen and oxygen atoms in total. The van der Waals surface area contributed by atoms with Crippen molar-refractivity contribution in [3.63, 3.8) is 0 Å². The number of carbonyl (C=O) groups is 1. The summed E-state index contributed by atoms with van der Waals surface area (Å²) in [4.78, 5) is 10.8. The van der Waals surface area contributed by atoms with E-state index in [0.717, 1.165) is 5.69 Å². The molecule has 0 aliphatic carbocycles. The normalized spacial score (nSPS) is 9.42. The number of rotatable bonds is 3. The number of carbonyl (C=O) groups excluding carboxylic acids is 1. The highest BCUT2D eigenvalue weighted by atomic mass is 79.9. The molecule has 0 fully saturated rings. The molecule has 64 valence electrons. The molecule has 1 aromatic heterocycles. The Morgan fingerprint density at radius 1 is 1.67 bits per heavy atom. The van der Waals surface area contributed by atoms with Gasteiger partial charge in [0.2, 0.25) is 5.91 Å². The largest absolute Gasteiger partial charge is 0.350 e. The van der Waals surface area contributed by atoms with Crippen LogP contribution in [0.2, 0.25) is 0 Å². The first kappa shape index (κ1) is 9.12. The van der Waals surface area contributed by atoms with Gasteiger partial charge in [-0.25, -0.2) is 0 Å². The van der Waals surface area contributed by atoms with Gasteiger partial charge in [0.05, 0.1) is 17.6 Å². The molecular formula is C7H8BrN3O. The third-order valence-electron chi connectivity index (χ3n) is 1.22. The number of alkyl halides is 1. The molecule has 0 aliphatic rings. The van der Waals surface area contributed by atoms with Crippen molar-refractivity contribution in [2.24, 2.45) is 0 Å². The predicted octanol–water partition coefficient (Wildman–Crippen LogP) is 0.488. The van der Waals surface area contributed by atoms with Gasteiger partial charge in [0.1, 0.15) is 0 Å². The Kier molecular flexibility index (Phi) is 3.66. The van der Waals surface area contributed by atoms with Crippen LogP contribution in [0.15, 0.2) is 18.3 Å². The Morgan fingerprint density at radius 2 is 2.50 bits per heavy atom. The summed E-state index contributed by atoms with van der Waals surface area (Å²) < 4.78 is 0. The molecule has 0 radical (unpaired) electrons. The molecule has 0 atom stereocenters. The molecule has 0 aliphatic heterocycles. The van der Waals surface area contributed by atoms with Crippen LogP contribution in [0.5, 0.6) is 0 Å². The van der Waals surface area contributed by atoms with Gasteiger partial charge in [0, 0.05) is 6.20 Å². The van der Waals surface area contributed by atoms with Crippen LogP contribution in [0, 0.1) is 0 Å². The molecule has 1 amide bonds. The molecule has 0 saturated carbocycles. The molecule has 0 aromatic carbocycles. The Balaban J connectivity index is 2.38. The fraction of sp³-hybridized carbons (Fsp3) is 0.286. The average molecular weight is 230 g/mol. The molecule has 1 N–H and O–H groups in total. The lowest BCUT2D eigenvalue weighted by atomic mass is 10.4. The van der Waals surface area contributed by atoms with E-state index in [2.05, 4.69) is 31.4 Å². The van der Waals surface area contributed by atoms with Gasteiger partial charge in [-0.2, -0.15) is 10.2 Å². The van der Waals surface area contributed by atoms with E-state index < -0.39 is 0 Å². The molecule has 12 heavy (non-hydrogen) atoms. The van der Waals surface area contributed by atoms with Gasteiger partial charge >= 0.3 is 0 Å². The standard InChI is InChI=1S/C7H8BrN3O/c8-4-7(12)9-5-6-2-1-3-10-11-6/h1-3H,4-5H2,(H,9,12). The van der Waals surface area contributed by atoms with Gasteiger partial charge in [-0.15, -0.1) is 0 Å². The minimum atomic E-state index is -0.0550.